The minimum atomic E-state index is 0.454. The van der Waals surface area contributed by atoms with E-state index >= 15 is 0 Å². The minimum Gasteiger partial charge on any atom is -0.350 e. The van der Waals surface area contributed by atoms with Crippen LogP contribution in [-0.2, 0) is 20.1 Å². The lowest BCUT2D eigenvalue weighted by Crippen LogP contribution is -2.22. The standard InChI is InChI=1S/C11H16N6/c1-16-6-5-13-10(16)8-17(2)11-9(7-12)3-4-14-15-11/h3-6H,7-8,12H2,1-2H3. The topological polar surface area (TPSA) is 72.9 Å². The van der Waals surface area contributed by atoms with E-state index < -0.39 is 0 Å². The lowest BCUT2D eigenvalue weighted by Gasteiger charge is -2.19. The molecule has 2 rings (SSSR count). The van der Waals surface area contributed by atoms with E-state index in [0.29, 0.717) is 13.1 Å². The zero-order valence-corrected chi connectivity index (χ0v) is 10.0. The van der Waals surface area contributed by atoms with Gasteiger partial charge in [-0.3, -0.25) is 0 Å². The molecule has 0 bridgehead atoms. The molecule has 2 aromatic heterocycles. The van der Waals surface area contributed by atoms with Gasteiger partial charge in [-0.2, -0.15) is 5.10 Å². The largest absolute Gasteiger partial charge is 0.350 e. The molecule has 0 unspecified atom stereocenters. The SMILES string of the molecule is CN(Cc1nccn1C)c1nnccc1CN. The summed E-state index contributed by atoms with van der Waals surface area (Å²) in [5.74, 6) is 1.78. The Kier molecular flexibility index (Phi) is 3.34. The predicted octanol–water partition coefficient (Wildman–Crippen LogP) is 0.305. The fourth-order valence-corrected chi connectivity index (χ4v) is 1.67. The van der Waals surface area contributed by atoms with Crippen LogP contribution >= 0.6 is 0 Å². The van der Waals surface area contributed by atoms with Crippen molar-refractivity contribution in [3.8, 4) is 0 Å². The molecule has 17 heavy (non-hydrogen) atoms. The smallest absolute Gasteiger partial charge is 0.155 e. The van der Waals surface area contributed by atoms with Crippen molar-refractivity contribution in [3.05, 3.63) is 36.0 Å². The quantitative estimate of drug-likeness (QED) is 0.821. The van der Waals surface area contributed by atoms with E-state index in [2.05, 4.69) is 15.2 Å². The molecule has 0 aliphatic heterocycles. The molecule has 0 aliphatic carbocycles. The van der Waals surface area contributed by atoms with Crippen molar-refractivity contribution < 1.29 is 0 Å². The summed E-state index contributed by atoms with van der Waals surface area (Å²) in [6, 6.07) is 1.89. The van der Waals surface area contributed by atoms with Crippen LogP contribution in [-0.4, -0.2) is 26.8 Å². The van der Waals surface area contributed by atoms with Crippen LogP contribution in [0.15, 0.2) is 24.7 Å². The van der Waals surface area contributed by atoms with Crippen molar-refractivity contribution in [2.45, 2.75) is 13.1 Å². The van der Waals surface area contributed by atoms with Crippen molar-refractivity contribution in [2.75, 3.05) is 11.9 Å². The van der Waals surface area contributed by atoms with E-state index in [1.54, 1.807) is 12.4 Å². The van der Waals surface area contributed by atoms with Crippen molar-refractivity contribution >= 4 is 5.82 Å². The first kappa shape index (κ1) is 11.5. The van der Waals surface area contributed by atoms with Gasteiger partial charge in [0.05, 0.1) is 12.7 Å². The summed E-state index contributed by atoms with van der Waals surface area (Å²) >= 11 is 0. The fraction of sp³-hybridized carbons (Fsp3) is 0.364. The zero-order chi connectivity index (χ0) is 12.3. The maximum atomic E-state index is 5.68. The summed E-state index contributed by atoms with van der Waals surface area (Å²) in [6.45, 7) is 1.13. The average molecular weight is 232 g/mol. The molecular formula is C11H16N6. The summed E-state index contributed by atoms with van der Waals surface area (Å²) in [4.78, 5) is 6.28. The Labute approximate surface area is 100 Å². The first-order valence-corrected chi connectivity index (χ1v) is 5.40. The zero-order valence-electron chi connectivity index (χ0n) is 10.0. The fourth-order valence-electron chi connectivity index (χ4n) is 1.67. The monoisotopic (exact) mass is 232 g/mol. The van der Waals surface area contributed by atoms with Gasteiger partial charge in [-0.05, 0) is 6.07 Å². The molecule has 0 amide bonds. The molecule has 0 spiro atoms. The third-order valence-corrected chi connectivity index (χ3v) is 2.66. The molecule has 0 aromatic carbocycles. The van der Waals surface area contributed by atoms with Gasteiger partial charge in [-0.25, -0.2) is 4.98 Å². The van der Waals surface area contributed by atoms with Crippen molar-refractivity contribution in [1.29, 1.82) is 0 Å². The highest BCUT2D eigenvalue weighted by atomic mass is 15.3. The number of anilines is 1. The Hall–Kier alpha value is -1.95. The summed E-state index contributed by atoms with van der Waals surface area (Å²) in [5.41, 5.74) is 6.66. The second-order valence-electron chi connectivity index (χ2n) is 3.89. The second kappa shape index (κ2) is 4.92. The number of nitrogens with two attached hydrogens (primary N) is 1. The predicted molar refractivity (Wildman–Crippen MR) is 65.2 cm³/mol. The maximum Gasteiger partial charge on any atom is 0.155 e. The van der Waals surface area contributed by atoms with Gasteiger partial charge < -0.3 is 15.2 Å². The molecule has 90 valence electrons. The third-order valence-electron chi connectivity index (χ3n) is 2.66. The molecule has 0 saturated heterocycles. The number of imidazole rings is 1. The van der Waals surface area contributed by atoms with Crippen LogP contribution in [0.4, 0.5) is 5.82 Å². The van der Waals surface area contributed by atoms with Gasteiger partial charge >= 0.3 is 0 Å². The van der Waals surface area contributed by atoms with E-state index in [-0.39, 0.29) is 0 Å². The van der Waals surface area contributed by atoms with Gasteiger partial charge in [-0.15, -0.1) is 5.10 Å². The van der Waals surface area contributed by atoms with E-state index in [1.807, 2.05) is 35.8 Å². The third kappa shape index (κ3) is 2.42. The van der Waals surface area contributed by atoms with Crippen molar-refractivity contribution in [3.63, 3.8) is 0 Å². The van der Waals surface area contributed by atoms with E-state index in [9.17, 15) is 0 Å². The van der Waals surface area contributed by atoms with Gasteiger partial charge in [0, 0.05) is 38.6 Å². The van der Waals surface area contributed by atoms with E-state index in [0.717, 1.165) is 17.2 Å². The molecule has 0 atom stereocenters. The van der Waals surface area contributed by atoms with Crippen LogP contribution in [0.3, 0.4) is 0 Å². The van der Waals surface area contributed by atoms with Gasteiger partial charge in [0.25, 0.3) is 0 Å². The van der Waals surface area contributed by atoms with Crippen molar-refractivity contribution in [2.24, 2.45) is 12.8 Å². The Bertz CT molecular complexity index is 492. The number of rotatable bonds is 4. The molecule has 2 aromatic rings. The van der Waals surface area contributed by atoms with Crippen LogP contribution in [0.1, 0.15) is 11.4 Å². The Morgan fingerprint density at radius 2 is 2.24 bits per heavy atom. The number of hydrogen-bond acceptors (Lipinski definition) is 5. The summed E-state index contributed by atoms with van der Waals surface area (Å²) in [5, 5.41) is 8.01. The van der Waals surface area contributed by atoms with E-state index in [1.165, 1.54) is 0 Å². The summed E-state index contributed by atoms with van der Waals surface area (Å²) in [6.07, 6.45) is 5.35. The highest BCUT2D eigenvalue weighted by molar-refractivity contribution is 5.44. The summed E-state index contributed by atoms with van der Waals surface area (Å²) < 4.78 is 1.98. The molecule has 6 nitrogen and oxygen atoms in total. The number of nitrogens with zero attached hydrogens (tertiary/aromatic N) is 5. The highest BCUT2D eigenvalue weighted by Crippen LogP contribution is 2.15. The highest BCUT2D eigenvalue weighted by Gasteiger charge is 2.10. The molecule has 0 saturated carbocycles. The van der Waals surface area contributed by atoms with Crippen LogP contribution in [0.25, 0.3) is 0 Å². The van der Waals surface area contributed by atoms with E-state index in [4.69, 9.17) is 5.73 Å². The first-order valence-electron chi connectivity index (χ1n) is 5.40. The second-order valence-corrected chi connectivity index (χ2v) is 3.89. The Balaban J connectivity index is 2.20. The molecule has 2 N–H and O–H groups in total. The Morgan fingerprint density at radius 3 is 2.88 bits per heavy atom. The lowest BCUT2D eigenvalue weighted by molar-refractivity contribution is 0.744. The van der Waals surface area contributed by atoms with Crippen LogP contribution in [0.5, 0.6) is 0 Å². The van der Waals surface area contributed by atoms with Gasteiger partial charge in [0.15, 0.2) is 5.82 Å². The summed E-state index contributed by atoms with van der Waals surface area (Å²) in [7, 11) is 3.93. The molecule has 0 fully saturated rings. The van der Waals surface area contributed by atoms with Crippen molar-refractivity contribution in [1.82, 2.24) is 19.7 Å². The Morgan fingerprint density at radius 1 is 1.41 bits per heavy atom. The molecular weight excluding hydrogens is 216 g/mol. The minimum absolute atomic E-state index is 0.454. The molecule has 6 heteroatoms. The lowest BCUT2D eigenvalue weighted by atomic mass is 10.2. The maximum absolute atomic E-state index is 5.68. The van der Waals surface area contributed by atoms with Crippen LogP contribution in [0, 0.1) is 0 Å². The normalized spacial score (nSPS) is 10.5. The van der Waals surface area contributed by atoms with Gasteiger partial charge in [0.1, 0.15) is 5.82 Å². The molecule has 2 heterocycles. The van der Waals surface area contributed by atoms with Crippen LogP contribution < -0.4 is 10.6 Å². The number of aryl methyl sites for hydroxylation is 1. The average Bonchev–Trinajstić information content (AvgIpc) is 2.75. The number of aromatic nitrogens is 4. The molecule has 0 aliphatic rings. The van der Waals surface area contributed by atoms with Crippen LogP contribution in [0.2, 0.25) is 0 Å². The van der Waals surface area contributed by atoms with Gasteiger partial charge in [0.2, 0.25) is 0 Å². The number of hydrogen-bond donors (Lipinski definition) is 1. The molecule has 0 radical (unpaired) electrons. The first-order chi connectivity index (χ1) is 8.22. The van der Waals surface area contributed by atoms with Gasteiger partial charge in [-0.1, -0.05) is 0 Å².